The van der Waals surface area contributed by atoms with E-state index in [0.29, 0.717) is 18.8 Å². The molecule has 7 heteroatoms. The summed E-state index contributed by atoms with van der Waals surface area (Å²) in [6, 6.07) is 5.92. The molecule has 2 aromatic heterocycles. The number of aryl methyl sites for hydroxylation is 1. The van der Waals surface area contributed by atoms with Gasteiger partial charge in [-0.3, -0.25) is 4.79 Å². The molecular weight excluding hydrogens is 306 g/mol. The highest BCUT2D eigenvalue weighted by Crippen LogP contribution is 2.20. The molecule has 2 aromatic rings. The molecule has 2 saturated heterocycles. The molecule has 7 nitrogen and oxygen atoms in total. The molecule has 0 bridgehead atoms. The van der Waals surface area contributed by atoms with E-state index in [1.807, 2.05) is 39.3 Å². The topological polar surface area (TPSA) is 70.0 Å². The number of fused-ring (bicyclic) bond motifs is 1. The quantitative estimate of drug-likeness (QED) is 0.903. The Morgan fingerprint density at radius 2 is 2.21 bits per heavy atom. The van der Waals surface area contributed by atoms with Crippen LogP contribution in [0, 0.1) is 6.92 Å². The molecule has 0 spiro atoms. The fraction of sp³-hybridized carbons (Fsp3) is 0.471. The largest absolute Gasteiger partial charge is 0.336 e. The van der Waals surface area contributed by atoms with Crippen molar-refractivity contribution in [2.24, 2.45) is 0 Å². The van der Waals surface area contributed by atoms with Crippen LogP contribution in [0.5, 0.6) is 0 Å². The van der Waals surface area contributed by atoms with Crippen LogP contribution >= 0.6 is 0 Å². The molecule has 1 N–H and O–H groups in total. The molecule has 3 amide bonds. The minimum atomic E-state index is -0.0533. The number of pyridine rings is 1. The predicted molar refractivity (Wildman–Crippen MR) is 89.0 cm³/mol. The van der Waals surface area contributed by atoms with Crippen molar-refractivity contribution in [3.8, 4) is 0 Å². The van der Waals surface area contributed by atoms with E-state index < -0.39 is 0 Å². The maximum absolute atomic E-state index is 12.9. The third kappa shape index (κ3) is 2.50. The summed E-state index contributed by atoms with van der Waals surface area (Å²) < 4.78 is 1.93. The number of aromatic nitrogens is 2. The molecule has 0 saturated carbocycles. The number of carbonyl (C=O) groups excluding carboxylic acids is 2. The van der Waals surface area contributed by atoms with Gasteiger partial charge >= 0.3 is 6.03 Å². The van der Waals surface area contributed by atoms with Crippen molar-refractivity contribution in [2.75, 3.05) is 26.2 Å². The maximum atomic E-state index is 12.9. The van der Waals surface area contributed by atoms with Gasteiger partial charge in [0.15, 0.2) is 0 Å². The summed E-state index contributed by atoms with van der Waals surface area (Å²) in [5.74, 6) is -0.0533. The van der Waals surface area contributed by atoms with Crippen molar-refractivity contribution in [3.63, 3.8) is 0 Å². The van der Waals surface area contributed by atoms with Crippen LogP contribution in [0.15, 0.2) is 24.4 Å². The number of nitrogens with zero attached hydrogens (tertiary/aromatic N) is 4. The lowest BCUT2D eigenvalue weighted by atomic mass is 10.0. The van der Waals surface area contributed by atoms with Crippen LogP contribution in [0.4, 0.5) is 4.79 Å². The monoisotopic (exact) mass is 327 g/mol. The maximum Gasteiger partial charge on any atom is 0.317 e. The summed E-state index contributed by atoms with van der Waals surface area (Å²) in [6.07, 6.45) is 3.66. The molecule has 4 heterocycles. The van der Waals surface area contributed by atoms with Crippen molar-refractivity contribution in [1.82, 2.24) is 24.5 Å². The molecule has 2 aliphatic rings. The molecular formula is C17H21N5O2. The fourth-order valence-corrected chi connectivity index (χ4v) is 3.64. The van der Waals surface area contributed by atoms with Crippen molar-refractivity contribution in [3.05, 3.63) is 35.8 Å². The highest BCUT2D eigenvalue weighted by molar-refractivity contribution is 5.93. The number of rotatable bonds is 2. The van der Waals surface area contributed by atoms with Crippen molar-refractivity contribution >= 4 is 17.6 Å². The van der Waals surface area contributed by atoms with E-state index in [4.69, 9.17) is 0 Å². The number of urea groups is 1. The van der Waals surface area contributed by atoms with Gasteiger partial charge in [-0.1, -0.05) is 6.07 Å². The number of carbonyl (C=O) groups is 2. The van der Waals surface area contributed by atoms with E-state index in [1.54, 1.807) is 6.20 Å². The summed E-state index contributed by atoms with van der Waals surface area (Å²) in [5.41, 5.74) is 2.30. The number of hydrogen-bond acceptors (Lipinski definition) is 3. The van der Waals surface area contributed by atoms with Gasteiger partial charge in [0.1, 0.15) is 11.3 Å². The first kappa shape index (κ1) is 15.0. The minimum Gasteiger partial charge on any atom is -0.336 e. The van der Waals surface area contributed by atoms with Crippen LogP contribution in [0.3, 0.4) is 0 Å². The average Bonchev–Trinajstić information content (AvgIpc) is 3.21. The van der Waals surface area contributed by atoms with Gasteiger partial charge in [-0.25, -0.2) is 9.78 Å². The first-order chi connectivity index (χ1) is 11.6. The van der Waals surface area contributed by atoms with E-state index in [1.165, 1.54) is 0 Å². The first-order valence-corrected chi connectivity index (χ1v) is 8.42. The van der Waals surface area contributed by atoms with Crippen molar-refractivity contribution in [2.45, 2.75) is 25.8 Å². The minimum absolute atomic E-state index is 0.0161. The van der Waals surface area contributed by atoms with E-state index >= 15 is 0 Å². The number of imidazole rings is 1. The summed E-state index contributed by atoms with van der Waals surface area (Å²) in [6.45, 7) is 4.71. The van der Waals surface area contributed by atoms with Gasteiger partial charge in [0, 0.05) is 38.1 Å². The summed E-state index contributed by atoms with van der Waals surface area (Å²) in [7, 11) is 0. The van der Waals surface area contributed by atoms with E-state index in [0.717, 1.165) is 37.3 Å². The molecule has 4 rings (SSSR count). The van der Waals surface area contributed by atoms with Crippen LogP contribution in [0.1, 0.15) is 29.0 Å². The Bertz CT molecular complexity index is 799. The Hall–Kier alpha value is -2.57. The van der Waals surface area contributed by atoms with E-state index in [9.17, 15) is 9.59 Å². The lowest BCUT2D eigenvalue weighted by Crippen LogP contribution is -2.50. The zero-order valence-electron chi connectivity index (χ0n) is 13.7. The second-order valence-electron chi connectivity index (χ2n) is 6.49. The Morgan fingerprint density at radius 3 is 2.96 bits per heavy atom. The number of hydrogen-bond donors (Lipinski definition) is 1. The van der Waals surface area contributed by atoms with Gasteiger partial charge in [-0.05, 0) is 31.9 Å². The fourth-order valence-electron chi connectivity index (χ4n) is 3.64. The second-order valence-corrected chi connectivity index (χ2v) is 6.49. The van der Waals surface area contributed by atoms with Crippen LogP contribution in [0.25, 0.3) is 5.65 Å². The number of amides is 3. The van der Waals surface area contributed by atoms with Crippen molar-refractivity contribution in [1.29, 1.82) is 0 Å². The molecule has 1 atom stereocenters. The van der Waals surface area contributed by atoms with Gasteiger partial charge < -0.3 is 19.5 Å². The SMILES string of the molecule is Cc1cccc2nc(C(=O)N3CCC[C@@H](N4CCNC4=O)C3)cn12. The zero-order chi connectivity index (χ0) is 16.7. The second kappa shape index (κ2) is 5.81. The first-order valence-electron chi connectivity index (χ1n) is 8.42. The lowest BCUT2D eigenvalue weighted by molar-refractivity contribution is 0.0629. The van der Waals surface area contributed by atoms with Gasteiger partial charge in [-0.15, -0.1) is 0 Å². The summed E-state index contributed by atoms with van der Waals surface area (Å²) in [5, 5.41) is 2.83. The highest BCUT2D eigenvalue weighted by Gasteiger charge is 2.33. The Balaban J connectivity index is 1.54. The van der Waals surface area contributed by atoms with Gasteiger partial charge in [0.25, 0.3) is 5.91 Å². The molecule has 0 aliphatic carbocycles. The molecule has 2 fully saturated rings. The Labute approximate surface area is 140 Å². The molecule has 24 heavy (non-hydrogen) atoms. The normalized spacial score (nSPS) is 21.4. The van der Waals surface area contributed by atoms with Crippen LogP contribution in [-0.4, -0.2) is 63.3 Å². The van der Waals surface area contributed by atoms with Crippen LogP contribution < -0.4 is 5.32 Å². The summed E-state index contributed by atoms with van der Waals surface area (Å²) >= 11 is 0. The predicted octanol–water partition coefficient (Wildman–Crippen LogP) is 1.27. The average molecular weight is 327 g/mol. The van der Waals surface area contributed by atoms with Crippen molar-refractivity contribution < 1.29 is 9.59 Å². The van der Waals surface area contributed by atoms with Crippen LogP contribution in [-0.2, 0) is 0 Å². The van der Waals surface area contributed by atoms with Gasteiger partial charge in [0.05, 0.1) is 6.04 Å². The van der Waals surface area contributed by atoms with Gasteiger partial charge in [-0.2, -0.15) is 0 Å². The third-order valence-corrected chi connectivity index (χ3v) is 4.93. The third-order valence-electron chi connectivity index (χ3n) is 4.93. The van der Waals surface area contributed by atoms with E-state index in [-0.39, 0.29) is 18.0 Å². The highest BCUT2D eigenvalue weighted by atomic mass is 16.2. The van der Waals surface area contributed by atoms with E-state index in [2.05, 4.69) is 10.3 Å². The van der Waals surface area contributed by atoms with Gasteiger partial charge in [0.2, 0.25) is 0 Å². The molecule has 0 aromatic carbocycles. The van der Waals surface area contributed by atoms with Crippen LogP contribution in [0.2, 0.25) is 0 Å². The standard InChI is InChI=1S/C17H21N5O2/c1-12-4-2-6-15-19-14(11-22(12)15)16(23)20-8-3-5-13(10-20)21-9-7-18-17(21)24/h2,4,6,11,13H,3,5,7-10H2,1H3,(H,18,24)/t13-/m1/s1. The molecule has 0 unspecified atom stereocenters. The summed E-state index contributed by atoms with van der Waals surface area (Å²) in [4.78, 5) is 32.9. The Morgan fingerprint density at radius 1 is 1.33 bits per heavy atom. The lowest BCUT2D eigenvalue weighted by Gasteiger charge is -2.36. The number of likely N-dealkylation sites (tertiary alicyclic amines) is 1. The Kier molecular flexibility index (Phi) is 3.63. The smallest absolute Gasteiger partial charge is 0.317 e. The number of piperidine rings is 1. The number of nitrogens with one attached hydrogen (secondary N) is 1. The molecule has 0 radical (unpaired) electrons. The zero-order valence-corrected chi connectivity index (χ0v) is 13.7. The molecule has 2 aliphatic heterocycles. The molecule has 126 valence electrons.